The molecule has 1 amide bonds. The summed E-state index contributed by atoms with van der Waals surface area (Å²) in [5.74, 6) is 2.09. The first kappa shape index (κ1) is 18.6. The molecule has 0 aliphatic carbocycles. The summed E-state index contributed by atoms with van der Waals surface area (Å²) in [5.41, 5.74) is 0.566. The number of aromatic nitrogens is 2. The van der Waals surface area contributed by atoms with Crippen molar-refractivity contribution in [3.63, 3.8) is 0 Å². The molecular weight excluding hydrogens is 362 g/mol. The molecule has 3 atom stereocenters. The van der Waals surface area contributed by atoms with E-state index in [1.165, 1.54) is 17.8 Å². The summed E-state index contributed by atoms with van der Waals surface area (Å²) in [6.07, 6.45) is 3.76. The summed E-state index contributed by atoms with van der Waals surface area (Å²) in [6, 6.07) is 2.36. The summed E-state index contributed by atoms with van der Waals surface area (Å²) >= 11 is 1.38. The second-order valence-electron chi connectivity index (χ2n) is 7.82. The van der Waals surface area contributed by atoms with Crippen molar-refractivity contribution in [1.82, 2.24) is 25.5 Å². The molecule has 2 aromatic rings. The van der Waals surface area contributed by atoms with Gasteiger partial charge in [-0.25, -0.2) is 4.98 Å². The number of carbonyl (C=O) groups excluding carboxylic acids is 1. The topological polar surface area (TPSA) is 90.1 Å². The first-order chi connectivity index (χ1) is 13.1. The molecule has 2 saturated heterocycles. The number of nitrogens with zero attached hydrogens (tertiary/aromatic N) is 2. The molecule has 0 spiro atoms. The van der Waals surface area contributed by atoms with E-state index in [2.05, 4.69) is 20.6 Å². The summed E-state index contributed by atoms with van der Waals surface area (Å²) in [5, 5.41) is 9.05. The van der Waals surface area contributed by atoms with Gasteiger partial charge in [-0.15, -0.1) is 11.3 Å². The second-order valence-corrected chi connectivity index (χ2v) is 8.74. The van der Waals surface area contributed by atoms with Crippen LogP contribution in [0.1, 0.15) is 31.5 Å². The lowest BCUT2D eigenvalue weighted by Gasteiger charge is -2.41. The average Bonchev–Trinajstić information content (AvgIpc) is 3.13. The van der Waals surface area contributed by atoms with Gasteiger partial charge in [-0.2, -0.15) is 0 Å². The normalized spacial score (nSPS) is 24.9. The molecule has 27 heavy (non-hydrogen) atoms. The van der Waals surface area contributed by atoms with Crippen molar-refractivity contribution in [2.24, 2.45) is 11.8 Å². The van der Waals surface area contributed by atoms with E-state index in [9.17, 15) is 9.59 Å². The van der Waals surface area contributed by atoms with E-state index in [4.69, 9.17) is 0 Å². The minimum absolute atomic E-state index is 0.0959. The Morgan fingerprint density at radius 2 is 2.26 bits per heavy atom. The Hall–Kier alpha value is -1.77. The van der Waals surface area contributed by atoms with Crippen LogP contribution in [0.2, 0.25) is 0 Å². The molecule has 2 aliphatic rings. The van der Waals surface area contributed by atoms with Gasteiger partial charge < -0.3 is 20.5 Å². The third kappa shape index (κ3) is 4.23. The predicted molar refractivity (Wildman–Crippen MR) is 107 cm³/mol. The van der Waals surface area contributed by atoms with Crippen LogP contribution < -0.4 is 16.2 Å². The van der Waals surface area contributed by atoms with Crippen molar-refractivity contribution >= 4 is 27.5 Å². The highest BCUT2D eigenvalue weighted by molar-refractivity contribution is 7.17. The van der Waals surface area contributed by atoms with Gasteiger partial charge in [0.2, 0.25) is 5.91 Å². The van der Waals surface area contributed by atoms with Crippen molar-refractivity contribution in [2.45, 2.75) is 38.3 Å². The number of aromatic amines is 1. The first-order valence-electron chi connectivity index (χ1n) is 9.74. The van der Waals surface area contributed by atoms with Crippen LogP contribution in [0, 0.1) is 11.8 Å². The van der Waals surface area contributed by atoms with Crippen molar-refractivity contribution in [3.8, 4) is 0 Å². The first-order valence-corrected chi connectivity index (χ1v) is 10.6. The molecule has 7 nitrogen and oxygen atoms in total. The van der Waals surface area contributed by atoms with Crippen molar-refractivity contribution in [3.05, 3.63) is 27.6 Å². The maximum atomic E-state index is 12.5. The largest absolute Gasteiger partial charge is 0.338 e. The molecule has 8 heteroatoms. The van der Waals surface area contributed by atoms with Gasteiger partial charge in [-0.3, -0.25) is 9.59 Å². The maximum Gasteiger partial charge on any atom is 0.268 e. The third-order valence-electron chi connectivity index (χ3n) is 5.80. The van der Waals surface area contributed by atoms with Crippen LogP contribution in [0.3, 0.4) is 0 Å². The van der Waals surface area contributed by atoms with Gasteiger partial charge in [0.1, 0.15) is 10.5 Å². The van der Waals surface area contributed by atoms with Crippen LogP contribution in [-0.4, -0.2) is 53.5 Å². The maximum absolute atomic E-state index is 12.5. The Kier molecular flexibility index (Phi) is 5.56. The quantitative estimate of drug-likeness (QED) is 0.693. The highest BCUT2D eigenvalue weighted by Crippen LogP contribution is 2.26. The molecule has 4 rings (SSSR count). The zero-order chi connectivity index (χ0) is 18.8. The Balaban J connectivity index is 1.27. The van der Waals surface area contributed by atoms with Crippen LogP contribution in [-0.2, 0) is 11.3 Å². The molecule has 2 fully saturated rings. The van der Waals surface area contributed by atoms with Crippen molar-refractivity contribution < 1.29 is 4.79 Å². The molecule has 2 aromatic heterocycles. The molecule has 2 aliphatic heterocycles. The van der Waals surface area contributed by atoms with E-state index in [1.54, 1.807) is 11.9 Å². The Morgan fingerprint density at radius 3 is 3.15 bits per heavy atom. The van der Waals surface area contributed by atoms with E-state index in [-0.39, 0.29) is 11.5 Å². The lowest BCUT2D eigenvalue weighted by atomic mass is 9.80. The molecule has 2 bridgehead atoms. The second kappa shape index (κ2) is 8.08. The number of carbonyl (C=O) groups is 1. The van der Waals surface area contributed by atoms with Gasteiger partial charge in [0, 0.05) is 19.5 Å². The lowest BCUT2D eigenvalue weighted by molar-refractivity contribution is -0.130. The summed E-state index contributed by atoms with van der Waals surface area (Å²) in [6.45, 7) is 3.64. The van der Waals surface area contributed by atoms with Gasteiger partial charge >= 0.3 is 0 Å². The zero-order valence-corrected chi connectivity index (χ0v) is 16.5. The van der Waals surface area contributed by atoms with Gasteiger partial charge in [0.15, 0.2) is 0 Å². The summed E-state index contributed by atoms with van der Waals surface area (Å²) < 4.78 is 0.632. The number of piperidine rings is 2. The van der Waals surface area contributed by atoms with Gasteiger partial charge in [0.25, 0.3) is 5.56 Å². The Bertz CT molecular complexity index is 863. The van der Waals surface area contributed by atoms with E-state index >= 15 is 0 Å². The number of hydrogen-bond acceptors (Lipinski definition) is 6. The zero-order valence-electron chi connectivity index (χ0n) is 15.7. The summed E-state index contributed by atoms with van der Waals surface area (Å²) in [4.78, 5) is 33.4. The molecule has 0 unspecified atom stereocenters. The van der Waals surface area contributed by atoms with E-state index < -0.39 is 0 Å². The van der Waals surface area contributed by atoms with Crippen LogP contribution in [0.15, 0.2) is 16.2 Å². The van der Waals surface area contributed by atoms with Crippen LogP contribution >= 0.6 is 11.3 Å². The fourth-order valence-electron chi connectivity index (χ4n) is 4.33. The minimum Gasteiger partial charge on any atom is -0.338 e. The predicted octanol–water partition coefficient (Wildman–Crippen LogP) is 1.31. The van der Waals surface area contributed by atoms with E-state index in [1.807, 2.05) is 11.4 Å². The third-order valence-corrected chi connectivity index (χ3v) is 6.70. The van der Waals surface area contributed by atoms with Crippen LogP contribution in [0.4, 0.5) is 0 Å². The number of thiophene rings is 1. The molecule has 3 N–H and O–H groups in total. The van der Waals surface area contributed by atoms with Gasteiger partial charge in [-0.05, 0) is 62.2 Å². The lowest BCUT2D eigenvalue weighted by Crippen LogP contribution is -2.54. The number of H-pyrrole nitrogens is 1. The van der Waals surface area contributed by atoms with Gasteiger partial charge in [0.05, 0.1) is 12.1 Å². The van der Waals surface area contributed by atoms with Crippen molar-refractivity contribution in [1.29, 1.82) is 0 Å². The van der Waals surface area contributed by atoms with Crippen molar-refractivity contribution in [2.75, 3.05) is 26.7 Å². The SMILES string of the molecule is CN(Cc1nc2ccsc2c(=O)[nH]1)C(=O)CCC[C@@H]1NC[C@@H]2CNC[C@H]1C2. The molecular formula is C19H27N5O2S. The highest BCUT2D eigenvalue weighted by atomic mass is 32.1. The standard InChI is InChI=1S/C19H27N5O2S/c1-24(11-16-22-15-5-6-27-18(15)19(26)23-16)17(25)4-2-3-14-13-7-12(9-21-14)8-20-10-13/h5-6,12-14,20-21H,2-4,7-11H2,1H3,(H,22,23,26)/t12-,13+,14-/m0/s1. The molecule has 0 saturated carbocycles. The highest BCUT2D eigenvalue weighted by Gasteiger charge is 2.32. The number of amides is 1. The fraction of sp³-hybridized carbons (Fsp3) is 0.632. The minimum atomic E-state index is -0.131. The summed E-state index contributed by atoms with van der Waals surface area (Å²) in [7, 11) is 1.77. The van der Waals surface area contributed by atoms with Gasteiger partial charge in [-0.1, -0.05) is 0 Å². The van der Waals surface area contributed by atoms with Crippen LogP contribution in [0.25, 0.3) is 10.2 Å². The van der Waals surface area contributed by atoms with E-state index in [0.717, 1.165) is 38.4 Å². The van der Waals surface area contributed by atoms with Crippen LogP contribution in [0.5, 0.6) is 0 Å². The Morgan fingerprint density at radius 1 is 1.37 bits per heavy atom. The number of nitrogens with one attached hydrogen (secondary N) is 3. The molecule has 0 radical (unpaired) electrons. The average molecular weight is 390 g/mol. The number of hydrogen-bond donors (Lipinski definition) is 3. The monoisotopic (exact) mass is 389 g/mol. The Labute approximate surface area is 162 Å². The molecule has 4 heterocycles. The number of fused-ring (bicyclic) bond motifs is 3. The van der Waals surface area contributed by atoms with E-state index in [0.29, 0.717) is 41.0 Å². The molecule has 146 valence electrons. The number of rotatable bonds is 6. The fourth-order valence-corrected chi connectivity index (χ4v) is 5.05. The smallest absolute Gasteiger partial charge is 0.268 e. The molecule has 0 aromatic carbocycles.